The van der Waals surface area contributed by atoms with Crippen molar-refractivity contribution in [1.29, 1.82) is 0 Å². The van der Waals surface area contributed by atoms with E-state index in [2.05, 4.69) is 5.32 Å². The molecule has 0 aromatic rings. The van der Waals surface area contributed by atoms with Crippen LogP contribution in [0.15, 0.2) is 0 Å². The molecule has 1 aliphatic heterocycles. The predicted octanol–water partition coefficient (Wildman–Crippen LogP) is 3.50. The average Bonchev–Trinajstić information content (AvgIpc) is 2.93. The molecule has 1 N–H and O–H groups in total. The summed E-state index contributed by atoms with van der Waals surface area (Å²) in [5, 5.41) is 3.94. The van der Waals surface area contributed by atoms with E-state index in [4.69, 9.17) is 4.74 Å². The van der Waals surface area contributed by atoms with E-state index in [0.29, 0.717) is 6.04 Å². The smallest absolute Gasteiger partial charge is 0.0620 e. The van der Waals surface area contributed by atoms with Crippen molar-refractivity contribution < 1.29 is 4.74 Å². The van der Waals surface area contributed by atoms with E-state index in [1.54, 1.807) is 0 Å². The van der Waals surface area contributed by atoms with Crippen LogP contribution >= 0.6 is 0 Å². The zero-order valence-electron chi connectivity index (χ0n) is 11.7. The molecule has 0 bridgehead atoms. The number of hydrogen-bond donors (Lipinski definition) is 1. The highest BCUT2D eigenvalue weighted by atomic mass is 16.5. The number of ether oxygens (including phenoxy) is 1. The van der Waals surface area contributed by atoms with Crippen molar-refractivity contribution in [2.75, 3.05) is 13.2 Å². The van der Waals surface area contributed by atoms with Gasteiger partial charge in [0, 0.05) is 18.7 Å². The van der Waals surface area contributed by atoms with Gasteiger partial charge in [-0.25, -0.2) is 0 Å². The predicted molar refractivity (Wildman–Crippen MR) is 74.7 cm³/mol. The monoisotopic (exact) mass is 251 g/mol. The van der Waals surface area contributed by atoms with Crippen molar-refractivity contribution in [2.45, 2.75) is 76.3 Å². The van der Waals surface area contributed by atoms with Gasteiger partial charge in [0.1, 0.15) is 0 Å². The first-order chi connectivity index (χ1) is 8.93. The van der Waals surface area contributed by atoms with Gasteiger partial charge in [0.2, 0.25) is 0 Å². The first kappa shape index (κ1) is 12.9. The minimum Gasteiger partial charge on any atom is -0.380 e. The summed E-state index contributed by atoms with van der Waals surface area (Å²) >= 11 is 0. The topological polar surface area (TPSA) is 21.3 Å². The van der Waals surface area contributed by atoms with Crippen LogP contribution in [0.1, 0.15) is 64.2 Å². The first-order valence-electron chi connectivity index (χ1n) is 8.27. The molecule has 2 nitrogen and oxygen atoms in total. The van der Waals surface area contributed by atoms with Gasteiger partial charge in [-0.2, -0.15) is 0 Å². The first-order valence-corrected chi connectivity index (χ1v) is 8.27. The van der Waals surface area contributed by atoms with Crippen molar-refractivity contribution >= 4 is 0 Å². The third kappa shape index (κ3) is 3.08. The molecular weight excluding hydrogens is 222 g/mol. The third-order valence-corrected chi connectivity index (χ3v) is 5.45. The Kier molecular flexibility index (Phi) is 4.58. The maximum atomic E-state index is 5.52. The van der Waals surface area contributed by atoms with E-state index in [-0.39, 0.29) is 0 Å². The molecular formula is C16H29NO. The molecule has 0 aromatic carbocycles. The molecule has 2 aliphatic carbocycles. The molecule has 3 rings (SSSR count). The van der Waals surface area contributed by atoms with Crippen molar-refractivity contribution in [3.8, 4) is 0 Å². The van der Waals surface area contributed by atoms with E-state index < -0.39 is 0 Å². The van der Waals surface area contributed by atoms with Gasteiger partial charge in [-0.3, -0.25) is 0 Å². The Balaban J connectivity index is 1.57. The molecule has 1 heterocycles. The van der Waals surface area contributed by atoms with Gasteiger partial charge in [-0.15, -0.1) is 0 Å². The fraction of sp³-hybridized carbons (Fsp3) is 1.00. The van der Waals surface area contributed by atoms with Gasteiger partial charge in [0.25, 0.3) is 0 Å². The molecule has 104 valence electrons. The van der Waals surface area contributed by atoms with E-state index >= 15 is 0 Å². The van der Waals surface area contributed by atoms with Crippen molar-refractivity contribution in [1.82, 2.24) is 5.32 Å². The Morgan fingerprint density at radius 2 is 1.56 bits per heavy atom. The van der Waals surface area contributed by atoms with Crippen LogP contribution in [0, 0.1) is 11.8 Å². The second-order valence-electron chi connectivity index (χ2n) is 6.68. The van der Waals surface area contributed by atoms with Crippen LogP contribution in [-0.4, -0.2) is 25.3 Å². The highest BCUT2D eigenvalue weighted by molar-refractivity contribution is 4.89. The van der Waals surface area contributed by atoms with Crippen molar-refractivity contribution in [3.05, 3.63) is 0 Å². The summed E-state index contributed by atoms with van der Waals surface area (Å²) in [5.74, 6) is 2.00. The molecule has 3 fully saturated rings. The number of nitrogens with one attached hydrogen (secondary N) is 1. The van der Waals surface area contributed by atoms with E-state index in [9.17, 15) is 0 Å². The Bertz CT molecular complexity index is 243. The molecule has 0 radical (unpaired) electrons. The lowest BCUT2D eigenvalue weighted by Crippen LogP contribution is -2.47. The molecule has 2 saturated carbocycles. The maximum Gasteiger partial charge on any atom is 0.0620 e. The molecule has 3 aliphatic rings. The molecule has 0 spiro atoms. The Morgan fingerprint density at radius 3 is 2.33 bits per heavy atom. The highest BCUT2D eigenvalue weighted by Gasteiger charge is 2.33. The van der Waals surface area contributed by atoms with Crippen molar-refractivity contribution in [2.24, 2.45) is 11.8 Å². The normalized spacial score (nSPS) is 39.0. The average molecular weight is 251 g/mol. The largest absolute Gasteiger partial charge is 0.380 e. The summed E-state index contributed by atoms with van der Waals surface area (Å²) in [6, 6.07) is 1.45. The second kappa shape index (κ2) is 6.38. The Labute approximate surface area is 112 Å². The second-order valence-corrected chi connectivity index (χ2v) is 6.68. The zero-order valence-corrected chi connectivity index (χ0v) is 11.7. The minimum absolute atomic E-state index is 0.652. The minimum atomic E-state index is 0.652. The van der Waals surface area contributed by atoms with Crippen LogP contribution in [-0.2, 0) is 4.74 Å². The summed E-state index contributed by atoms with van der Waals surface area (Å²) in [6.07, 6.45) is 14.5. The maximum absolute atomic E-state index is 5.52. The fourth-order valence-corrected chi connectivity index (χ4v) is 4.46. The molecule has 0 amide bonds. The number of rotatable bonds is 3. The van der Waals surface area contributed by atoms with E-state index in [0.717, 1.165) is 31.1 Å². The Hall–Kier alpha value is -0.0800. The van der Waals surface area contributed by atoms with Crippen LogP contribution < -0.4 is 5.32 Å². The van der Waals surface area contributed by atoms with Gasteiger partial charge >= 0.3 is 0 Å². The Morgan fingerprint density at radius 1 is 0.778 bits per heavy atom. The molecule has 3 unspecified atom stereocenters. The van der Waals surface area contributed by atoms with Crippen LogP contribution in [0.3, 0.4) is 0 Å². The summed E-state index contributed by atoms with van der Waals surface area (Å²) in [7, 11) is 0. The third-order valence-electron chi connectivity index (χ3n) is 5.45. The summed E-state index contributed by atoms with van der Waals surface area (Å²) in [4.78, 5) is 0. The van der Waals surface area contributed by atoms with Crippen LogP contribution in [0.4, 0.5) is 0 Å². The molecule has 1 saturated heterocycles. The molecule has 0 aromatic heterocycles. The quantitative estimate of drug-likeness (QED) is 0.829. The highest BCUT2D eigenvalue weighted by Crippen LogP contribution is 2.38. The van der Waals surface area contributed by atoms with Gasteiger partial charge in [-0.05, 0) is 31.1 Å². The summed E-state index contributed by atoms with van der Waals surface area (Å²) < 4.78 is 5.52. The van der Waals surface area contributed by atoms with E-state index in [1.807, 2.05) is 0 Å². The molecule has 18 heavy (non-hydrogen) atoms. The van der Waals surface area contributed by atoms with Crippen LogP contribution in [0.25, 0.3) is 0 Å². The van der Waals surface area contributed by atoms with Gasteiger partial charge in [0.05, 0.1) is 6.61 Å². The van der Waals surface area contributed by atoms with Crippen LogP contribution in [0.2, 0.25) is 0 Å². The van der Waals surface area contributed by atoms with Crippen LogP contribution in [0.5, 0.6) is 0 Å². The molecule has 2 heteroatoms. The number of hydrogen-bond acceptors (Lipinski definition) is 2. The van der Waals surface area contributed by atoms with Gasteiger partial charge < -0.3 is 10.1 Å². The van der Waals surface area contributed by atoms with Gasteiger partial charge in [0.15, 0.2) is 0 Å². The standard InChI is InChI=1S/C16H29NO/c1-2-6-13(7-3-1)15-8-4-5-9-16(15)17-14-10-11-18-12-14/h13-17H,1-12H2. The molecule has 3 atom stereocenters. The summed E-state index contributed by atoms with van der Waals surface area (Å²) in [6.45, 7) is 1.92. The van der Waals surface area contributed by atoms with E-state index in [1.165, 1.54) is 64.2 Å². The lowest BCUT2D eigenvalue weighted by molar-refractivity contribution is 0.134. The lowest BCUT2D eigenvalue weighted by Gasteiger charge is -2.40. The summed E-state index contributed by atoms with van der Waals surface area (Å²) in [5.41, 5.74) is 0. The van der Waals surface area contributed by atoms with Crippen molar-refractivity contribution in [3.63, 3.8) is 0 Å². The SMILES string of the molecule is C1CCC(C2CCCCC2NC2CCOC2)CC1. The fourth-order valence-electron chi connectivity index (χ4n) is 4.46. The lowest BCUT2D eigenvalue weighted by atomic mass is 9.71. The zero-order chi connectivity index (χ0) is 12.2. The van der Waals surface area contributed by atoms with Gasteiger partial charge in [-0.1, -0.05) is 44.9 Å².